The van der Waals surface area contributed by atoms with Gasteiger partial charge in [0.1, 0.15) is 5.82 Å². The van der Waals surface area contributed by atoms with E-state index in [1.807, 2.05) is 30.3 Å². The third kappa shape index (κ3) is 4.53. The van der Waals surface area contributed by atoms with E-state index in [1.54, 1.807) is 20.0 Å². The summed E-state index contributed by atoms with van der Waals surface area (Å²) in [5.74, 6) is -1.57. The number of hydrogen-bond acceptors (Lipinski definition) is 5. The van der Waals surface area contributed by atoms with E-state index in [0.29, 0.717) is 29.9 Å². The molecule has 0 unspecified atom stereocenters. The van der Waals surface area contributed by atoms with E-state index < -0.39 is 11.8 Å². The molecule has 1 saturated heterocycles. The summed E-state index contributed by atoms with van der Waals surface area (Å²) in [4.78, 5) is 43.3. The maximum atomic E-state index is 13.0. The average molecular weight is 395 g/mol. The van der Waals surface area contributed by atoms with Crippen LogP contribution in [0.25, 0.3) is 0 Å². The Kier molecular flexibility index (Phi) is 6.11. The van der Waals surface area contributed by atoms with Crippen LogP contribution in [-0.2, 0) is 14.4 Å². The van der Waals surface area contributed by atoms with Gasteiger partial charge < -0.3 is 21.3 Å². The van der Waals surface area contributed by atoms with Crippen molar-refractivity contribution in [3.63, 3.8) is 0 Å². The summed E-state index contributed by atoms with van der Waals surface area (Å²) in [7, 11) is 1.57. The second-order valence-corrected chi connectivity index (χ2v) is 7.15. The number of hydrogen-bond donors (Lipinski definition) is 3. The third-order valence-electron chi connectivity index (χ3n) is 5.22. The average Bonchev–Trinajstić information content (AvgIpc) is 2.75. The molecule has 152 valence electrons. The Morgan fingerprint density at radius 1 is 1.17 bits per heavy atom. The molecule has 1 aliphatic rings. The van der Waals surface area contributed by atoms with Crippen LogP contribution in [0.3, 0.4) is 0 Å². The zero-order chi connectivity index (χ0) is 21.0. The summed E-state index contributed by atoms with van der Waals surface area (Å²) in [5, 5.41) is 5.22. The van der Waals surface area contributed by atoms with Gasteiger partial charge in [-0.25, -0.2) is 4.98 Å². The van der Waals surface area contributed by atoms with E-state index in [9.17, 15) is 14.4 Å². The minimum Gasteiger partial charge on any atom is -0.383 e. The monoisotopic (exact) mass is 395 g/mol. The van der Waals surface area contributed by atoms with Gasteiger partial charge in [-0.05, 0) is 37.0 Å². The third-order valence-corrected chi connectivity index (χ3v) is 5.22. The summed E-state index contributed by atoms with van der Waals surface area (Å²) in [6.45, 7) is 1.95. The Bertz CT molecular complexity index is 916. The van der Waals surface area contributed by atoms with Crippen molar-refractivity contribution in [3.8, 4) is 0 Å². The molecule has 8 nitrogen and oxygen atoms in total. The highest BCUT2D eigenvalue weighted by atomic mass is 16.2. The van der Waals surface area contributed by atoms with Crippen LogP contribution in [-0.4, -0.2) is 41.2 Å². The number of anilines is 2. The van der Waals surface area contributed by atoms with Gasteiger partial charge in [0.2, 0.25) is 5.91 Å². The molecule has 8 heteroatoms. The SMILES string of the molecule is CNC(=O)[C@@H]1CC[C@H](c2ccccc2)N(C(=O)C(=O)Nc2cnc(N)c(C)c2)C1. The van der Waals surface area contributed by atoms with Crippen LogP contribution in [0.5, 0.6) is 0 Å². The zero-order valence-corrected chi connectivity index (χ0v) is 16.5. The van der Waals surface area contributed by atoms with Crippen molar-refractivity contribution in [2.45, 2.75) is 25.8 Å². The molecule has 3 amide bonds. The van der Waals surface area contributed by atoms with Gasteiger partial charge in [0.05, 0.1) is 23.8 Å². The largest absolute Gasteiger partial charge is 0.383 e. The summed E-state index contributed by atoms with van der Waals surface area (Å²) >= 11 is 0. The lowest BCUT2D eigenvalue weighted by Crippen LogP contribution is -2.49. The van der Waals surface area contributed by atoms with Gasteiger partial charge >= 0.3 is 11.8 Å². The van der Waals surface area contributed by atoms with Gasteiger partial charge in [-0.1, -0.05) is 30.3 Å². The van der Waals surface area contributed by atoms with E-state index in [2.05, 4.69) is 15.6 Å². The van der Waals surface area contributed by atoms with Gasteiger partial charge in [-0.15, -0.1) is 0 Å². The first-order valence-corrected chi connectivity index (χ1v) is 9.51. The molecule has 0 saturated carbocycles. The number of pyridine rings is 1. The number of nitrogens with one attached hydrogen (secondary N) is 2. The number of benzene rings is 1. The highest BCUT2D eigenvalue weighted by molar-refractivity contribution is 6.39. The van der Waals surface area contributed by atoms with Crippen molar-refractivity contribution in [2.24, 2.45) is 5.92 Å². The molecule has 2 heterocycles. The number of aryl methyl sites for hydroxylation is 1. The Morgan fingerprint density at radius 3 is 2.55 bits per heavy atom. The first-order chi connectivity index (χ1) is 13.9. The fraction of sp³-hybridized carbons (Fsp3) is 0.333. The second-order valence-electron chi connectivity index (χ2n) is 7.15. The van der Waals surface area contributed by atoms with Crippen LogP contribution in [0.15, 0.2) is 42.6 Å². The normalized spacial score (nSPS) is 18.8. The number of aromatic nitrogens is 1. The van der Waals surface area contributed by atoms with Crippen LogP contribution in [0.1, 0.15) is 30.0 Å². The van der Waals surface area contributed by atoms with E-state index in [-0.39, 0.29) is 24.4 Å². The lowest BCUT2D eigenvalue weighted by molar-refractivity contribution is -0.148. The highest BCUT2D eigenvalue weighted by Gasteiger charge is 2.37. The van der Waals surface area contributed by atoms with Crippen molar-refractivity contribution >= 4 is 29.2 Å². The number of amides is 3. The number of nitrogen functional groups attached to an aromatic ring is 1. The smallest absolute Gasteiger partial charge is 0.313 e. The van der Waals surface area contributed by atoms with Crippen molar-refractivity contribution in [1.29, 1.82) is 0 Å². The number of rotatable bonds is 3. The van der Waals surface area contributed by atoms with E-state index in [0.717, 1.165) is 5.56 Å². The topological polar surface area (TPSA) is 117 Å². The molecule has 0 aliphatic carbocycles. The highest BCUT2D eigenvalue weighted by Crippen LogP contribution is 2.33. The minimum absolute atomic E-state index is 0.131. The van der Waals surface area contributed by atoms with Crippen molar-refractivity contribution in [3.05, 3.63) is 53.7 Å². The van der Waals surface area contributed by atoms with E-state index >= 15 is 0 Å². The van der Waals surface area contributed by atoms with Gasteiger partial charge in [0.15, 0.2) is 0 Å². The maximum absolute atomic E-state index is 13.0. The predicted molar refractivity (Wildman–Crippen MR) is 110 cm³/mol. The lowest BCUT2D eigenvalue weighted by Gasteiger charge is -2.39. The molecule has 0 spiro atoms. The Morgan fingerprint density at radius 2 is 1.90 bits per heavy atom. The van der Waals surface area contributed by atoms with E-state index in [1.165, 1.54) is 11.1 Å². The van der Waals surface area contributed by atoms with Gasteiger partial charge in [-0.3, -0.25) is 14.4 Å². The summed E-state index contributed by atoms with van der Waals surface area (Å²) in [6.07, 6.45) is 2.65. The number of nitrogens with two attached hydrogens (primary N) is 1. The number of nitrogens with zero attached hydrogens (tertiary/aromatic N) is 2. The molecular weight excluding hydrogens is 370 g/mol. The Labute approximate surface area is 169 Å². The lowest BCUT2D eigenvalue weighted by atomic mass is 9.88. The standard InChI is InChI=1S/C21H25N5O3/c1-13-10-16(11-24-18(13)22)25-20(28)21(29)26-12-15(19(27)23-2)8-9-17(26)14-6-4-3-5-7-14/h3-7,10-11,15,17H,8-9,12H2,1-2H3,(H2,22,24)(H,23,27)(H,25,28)/t15-,17-/m1/s1. The Balaban J connectivity index is 1.82. The number of piperidine rings is 1. The number of likely N-dealkylation sites (tertiary alicyclic amines) is 1. The van der Waals surface area contributed by atoms with Crippen molar-refractivity contribution < 1.29 is 14.4 Å². The van der Waals surface area contributed by atoms with Crippen molar-refractivity contribution in [2.75, 3.05) is 24.6 Å². The minimum atomic E-state index is -0.769. The van der Waals surface area contributed by atoms with E-state index in [4.69, 9.17) is 5.73 Å². The number of carbonyl (C=O) groups excluding carboxylic acids is 3. The van der Waals surface area contributed by atoms with Crippen LogP contribution < -0.4 is 16.4 Å². The van der Waals surface area contributed by atoms with Gasteiger partial charge in [-0.2, -0.15) is 0 Å². The molecule has 1 fully saturated rings. The first kappa shape index (κ1) is 20.3. The van der Waals surface area contributed by atoms with Gasteiger partial charge in [0, 0.05) is 13.6 Å². The summed E-state index contributed by atoms with van der Waals surface area (Å²) < 4.78 is 0. The van der Waals surface area contributed by atoms with Crippen LogP contribution >= 0.6 is 0 Å². The van der Waals surface area contributed by atoms with Crippen LogP contribution in [0, 0.1) is 12.8 Å². The summed E-state index contributed by atoms with van der Waals surface area (Å²) in [5.41, 5.74) is 7.74. The zero-order valence-electron chi connectivity index (χ0n) is 16.5. The molecule has 2 atom stereocenters. The molecular formula is C21H25N5O3. The molecule has 1 aliphatic heterocycles. The molecule has 0 bridgehead atoms. The molecule has 4 N–H and O–H groups in total. The second kappa shape index (κ2) is 8.72. The van der Waals surface area contributed by atoms with Gasteiger partial charge in [0.25, 0.3) is 0 Å². The molecule has 2 aromatic rings. The van der Waals surface area contributed by atoms with Crippen molar-refractivity contribution in [1.82, 2.24) is 15.2 Å². The molecule has 3 rings (SSSR count). The fourth-order valence-electron chi connectivity index (χ4n) is 3.60. The van der Waals surface area contributed by atoms with Crippen LogP contribution in [0.4, 0.5) is 11.5 Å². The molecule has 29 heavy (non-hydrogen) atoms. The molecule has 0 radical (unpaired) electrons. The summed E-state index contributed by atoms with van der Waals surface area (Å²) in [6, 6.07) is 10.9. The van der Waals surface area contributed by atoms with Crippen LogP contribution in [0.2, 0.25) is 0 Å². The number of carbonyl (C=O) groups is 3. The fourth-order valence-corrected chi connectivity index (χ4v) is 3.60. The molecule has 1 aromatic carbocycles. The predicted octanol–water partition coefficient (Wildman–Crippen LogP) is 1.64. The quantitative estimate of drug-likeness (QED) is 0.683. The Hall–Kier alpha value is -3.42. The molecule has 1 aromatic heterocycles. The maximum Gasteiger partial charge on any atom is 0.313 e. The first-order valence-electron chi connectivity index (χ1n) is 9.51.